The lowest BCUT2D eigenvalue weighted by atomic mass is 9.96. The quantitative estimate of drug-likeness (QED) is 0.806. The minimum atomic E-state index is -0.647. The van der Waals surface area contributed by atoms with Crippen LogP contribution in [0.15, 0.2) is 36.7 Å². The number of nitrogens with one attached hydrogen (secondary N) is 1. The molecule has 2 heterocycles. The Kier molecular flexibility index (Phi) is 6.06. The van der Waals surface area contributed by atoms with Crippen molar-refractivity contribution in [3.8, 4) is 11.4 Å². The Morgan fingerprint density at radius 3 is 2.78 bits per heavy atom. The first-order valence-electron chi connectivity index (χ1n) is 8.73. The predicted octanol–water partition coefficient (Wildman–Crippen LogP) is 1.61. The normalized spacial score (nSPS) is 23.2. The molecule has 0 unspecified atom stereocenters. The smallest absolute Gasteiger partial charge is 0.254 e. The fraction of sp³-hybridized carbons (Fsp3) is 0.421. The van der Waals surface area contributed by atoms with Crippen LogP contribution in [-0.4, -0.2) is 70.9 Å². The molecular weight excluding hydrogens is 368 g/mol. The first-order valence-corrected chi connectivity index (χ1v) is 9.11. The molecule has 1 aromatic heterocycles. The number of rotatable bonds is 5. The minimum Gasteiger partial charge on any atom is -0.394 e. The molecule has 2 atom stereocenters. The largest absolute Gasteiger partial charge is 0.394 e. The summed E-state index contributed by atoms with van der Waals surface area (Å²) in [5.41, 5.74) is 0.401. The summed E-state index contributed by atoms with van der Waals surface area (Å²) in [7, 11) is 1.93. The highest BCUT2D eigenvalue weighted by atomic mass is 35.5. The van der Waals surface area contributed by atoms with Crippen molar-refractivity contribution in [2.45, 2.75) is 18.5 Å². The van der Waals surface area contributed by atoms with Crippen LogP contribution < -0.4 is 5.32 Å². The van der Waals surface area contributed by atoms with E-state index in [1.807, 2.05) is 37.1 Å². The first kappa shape index (κ1) is 19.7. The summed E-state index contributed by atoms with van der Waals surface area (Å²) < 4.78 is 5.58. The number of aromatic nitrogens is 2. The second-order valence-electron chi connectivity index (χ2n) is 6.82. The van der Waals surface area contributed by atoms with Gasteiger partial charge in [-0.3, -0.25) is 9.69 Å². The molecule has 7 nitrogen and oxygen atoms in total. The molecule has 144 valence electrons. The monoisotopic (exact) mass is 390 g/mol. The van der Waals surface area contributed by atoms with Crippen molar-refractivity contribution in [1.82, 2.24) is 20.2 Å². The zero-order chi connectivity index (χ0) is 19.4. The van der Waals surface area contributed by atoms with Gasteiger partial charge in [-0.1, -0.05) is 23.7 Å². The summed E-state index contributed by atoms with van der Waals surface area (Å²) >= 11 is 6.15. The summed E-state index contributed by atoms with van der Waals surface area (Å²) in [6.07, 6.45) is 2.94. The molecule has 1 aromatic carbocycles. The lowest BCUT2D eigenvalue weighted by Gasteiger charge is -2.47. The number of nitrogens with zero attached hydrogens (tertiary/aromatic N) is 3. The number of benzene rings is 1. The van der Waals surface area contributed by atoms with E-state index in [1.165, 1.54) is 12.4 Å². The maximum atomic E-state index is 12.5. The molecule has 1 aliphatic heterocycles. The Balaban J connectivity index is 1.68. The number of ether oxygens (including phenoxy) is 1. The van der Waals surface area contributed by atoms with Crippen molar-refractivity contribution in [1.29, 1.82) is 0 Å². The van der Waals surface area contributed by atoms with E-state index in [2.05, 4.69) is 15.3 Å². The van der Waals surface area contributed by atoms with Gasteiger partial charge in [0.15, 0.2) is 5.82 Å². The van der Waals surface area contributed by atoms with Crippen LogP contribution >= 0.6 is 11.6 Å². The van der Waals surface area contributed by atoms with Gasteiger partial charge in [-0.2, -0.15) is 0 Å². The molecule has 1 amide bonds. The summed E-state index contributed by atoms with van der Waals surface area (Å²) in [6.45, 7) is 3.12. The van der Waals surface area contributed by atoms with Crippen molar-refractivity contribution < 1.29 is 14.6 Å². The number of hydrogen-bond donors (Lipinski definition) is 2. The third kappa shape index (κ3) is 4.11. The van der Waals surface area contributed by atoms with Crippen LogP contribution in [0.25, 0.3) is 11.4 Å². The Morgan fingerprint density at radius 2 is 2.11 bits per heavy atom. The molecule has 0 radical (unpaired) electrons. The van der Waals surface area contributed by atoms with Crippen molar-refractivity contribution in [3.63, 3.8) is 0 Å². The van der Waals surface area contributed by atoms with Gasteiger partial charge in [-0.15, -0.1) is 0 Å². The second-order valence-corrected chi connectivity index (χ2v) is 7.22. The maximum Gasteiger partial charge on any atom is 0.254 e. The van der Waals surface area contributed by atoms with Crippen molar-refractivity contribution in [2.75, 3.05) is 33.4 Å². The van der Waals surface area contributed by atoms with Crippen LogP contribution in [0, 0.1) is 0 Å². The number of aliphatic hydroxyl groups is 1. The zero-order valence-corrected chi connectivity index (χ0v) is 16.1. The molecule has 2 N–H and O–H groups in total. The lowest BCUT2D eigenvalue weighted by Crippen LogP contribution is -2.65. The molecule has 0 spiro atoms. The standard InChI is InChI=1S/C19H23ClN4O3/c1-13-9-27-12-19(11-25,24(13)2)10-23-18(26)14-7-21-17(22-8-14)15-5-3-4-6-16(15)20/h3-8,13,25H,9-12H2,1-2H3,(H,23,26)/t13-,19+/m1/s1. The van der Waals surface area contributed by atoms with Crippen molar-refractivity contribution in [3.05, 3.63) is 47.2 Å². The molecule has 0 bridgehead atoms. The van der Waals surface area contributed by atoms with E-state index in [-0.39, 0.29) is 25.1 Å². The Labute approximate surface area is 163 Å². The van der Waals surface area contributed by atoms with Crippen LogP contribution in [0.4, 0.5) is 0 Å². The van der Waals surface area contributed by atoms with Crippen LogP contribution in [0.1, 0.15) is 17.3 Å². The number of likely N-dealkylation sites (N-methyl/N-ethyl adjacent to an activating group) is 1. The number of aliphatic hydroxyl groups excluding tert-OH is 1. The van der Waals surface area contributed by atoms with Gasteiger partial charge in [0.25, 0.3) is 5.91 Å². The molecule has 0 saturated carbocycles. The molecule has 1 fully saturated rings. The van der Waals surface area contributed by atoms with Gasteiger partial charge in [0.05, 0.1) is 35.9 Å². The van der Waals surface area contributed by atoms with E-state index >= 15 is 0 Å². The molecule has 1 saturated heterocycles. The highest BCUT2D eigenvalue weighted by molar-refractivity contribution is 6.33. The summed E-state index contributed by atoms with van der Waals surface area (Å²) in [6, 6.07) is 7.42. The molecule has 3 rings (SSSR count). The third-order valence-corrected chi connectivity index (χ3v) is 5.37. The van der Waals surface area contributed by atoms with Crippen LogP contribution in [0.2, 0.25) is 5.02 Å². The van der Waals surface area contributed by atoms with Crippen LogP contribution in [0.5, 0.6) is 0 Å². The SMILES string of the molecule is C[C@@H]1COC[C@@](CO)(CNC(=O)c2cnc(-c3ccccc3Cl)nc2)N1C. The Morgan fingerprint density at radius 1 is 1.41 bits per heavy atom. The van der Waals surface area contributed by atoms with E-state index in [0.29, 0.717) is 35.2 Å². The molecule has 1 aliphatic rings. The number of hydrogen-bond acceptors (Lipinski definition) is 6. The van der Waals surface area contributed by atoms with E-state index in [4.69, 9.17) is 16.3 Å². The molecule has 0 aliphatic carbocycles. The summed E-state index contributed by atoms with van der Waals surface area (Å²) in [5.74, 6) is 0.151. The van der Waals surface area contributed by atoms with Crippen molar-refractivity contribution >= 4 is 17.5 Å². The average molecular weight is 391 g/mol. The maximum absolute atomic E-state index is 12.5. The summed E-state index contributed by atoms with van der Waals surface area (Å²) in [4.78, 5) is 23.0. The zero-order valence-electron chi connectivity index (χ0n) is 15.4. The van der Waals surface area contributed by atoms with Gasteiger partial charge in [-0.05, 0) is 26.1 Å². The van der Waals surface area contributed by atoms with E-state index < -0.39 is 5.54 Å². The van der Waals surface area contributed by atoms with Gasteiger partial charge in [-0.25, -0.2) is 9.97 Å². The number of halogens is 1. The molecule has 2 aromatic rings. The second kappa shape index (κ2) is 8.31. The van der Waals surface area contributed by atoms with Gasteiger partial charge in [0.2, 0.25) is 0 Å². The molecule has 8 heteroatoms. The van der Waals surface area contributed by atoms with Crippen LogP contribution in [0.3, 0.4) is 0 Å². The third-order valence-electron chi connectivity index (χ3n) is 5.04. The summed E-state index contributed by atoms with van der Waals surface area (Å²) in [5, 5.41) is 13.3. The highest BCUT2D eigenvalue weighted by Gasteiger charge is 2.40. The van der Waals surface area contributed by atoms with Gasteiger partial charge >= 0.3 is 0 Å². The van der Waals surface area contributed by atoms with E-state index in [1.54, 1.807) is 6.07 Å². The molecular formula is C19H23ClN4O3. The number of carbonyl (C=O) groups excluding carboxylic acids is 1. The average Bonchev–Trinajstić information content (AvgIpc) is 2.70. The topological polar surface area (TPSA) is 87.6 Å². The van der Waals surface area contributed by atoms with Crippen LogP contribution in [-0.2, 0) is 4.74 Å². The van der Waals surface area contributed by atoms with Crippen molar-refractivity contribution in [2.24, 2.45) is 0 Å². The van der Waals surface area contributed by atoms with Gasteiger partial charge in [0.1, 0.15) is 0 Å². The number of amides is 1. The number of carbonyl (C=O) groups is 1. The Bertz CT molecular complexity index is 802. The number of morpholine rings is 1. The minimum absolute atomic E-state index is 0.115. The molecule has 27 heavy (non-hydrogen) atoms. The predicted molar refractivity (Wildman–Crippen MR) is 103 cm³/mol. The van der Waals surface area contributed by atoms with Gasteiger partial charge < -0.3 is 15.2 Å². The van der Waals surface area contributed by atoms with E-state index in [9.17, 15) is 9.90 Å². The lowest BCUT2D eigenvalue weighted by molar-refractivity contribution is -0.105. The fourth-order valence-corrected chi connectivity index (χ4v) is 3.28. The van der Waals surface area contributed by atoms with E-state index in [0.717, 1.165) is 0 Å². The Hall–Kier alpha value is -2.06. The highest BCUT2D eigenvalue weighted by Crippen LogP contribution is 2.24. The fourth-order valence-electron chi connectivity index (χ4n) is 3.06. The van der Waals surface area contributed by atoms with Gasteiger partial charge in [0, 0.05) is 30.5 Å². The first-order chi connectivity index (χ1) is 13.0.